The van der Waals surface area contributed by atoms with Crippen molar-refractivity contribution in [2.24, 2.45) is 11.1 Å². The maximum Gasteiger partial charge on any atom is 0.251 e. The van der Waals surface area contributed by atoms with Gasteiger partial charge in [-0.05, 0) is 53.4 Å². The van der Waals surface area contributed by atoms with E-state index >= 15 is 0 Å². The van der Waals surface area contributed by atoms with Gasteiger partial charge in [-0.25, -0.2) is 0 Å². The van der Waals surface area contributed by atoms with Crippen LogP contribution >= 0.6 is 23.2 Å². The van der Waals surface area contributed by atoms with E-state index in [1.54, 1.807) is 41.3 Å². The van der Waals surface area contributed by atoms with Gasteiger partial charge in [0.2, 0.25) is 11.8 Å². The van der Waals surface area contributed by atoms with Crippen molar-refractivity contribution in [2.75, 3.05) is 23.3 Å². The van der Waals surface area contributed by atoms with Crippen molar-refractivity contribution in [3.63, 3.8) is 0 Å². The van der Waals surface area contributed by atoms with Crippen LogP contribution in [0.2, 0.25) is 10.0 Å². The average molecular weight is 553 g/mol. The highest BCUT2D eigenvalue weighted by Crippen LogP contribution is 2.41. The molecule has 0 saturated carbocycles. The van der Waals surface area contributed by atoms with Gasteiger partial charge in [-0.15, -0.1) is 0 Å². The molecule has 0 saturated heterocycles. The summed E-state index contributed by atoms with van der Waals surface area (Å²) in [7, 11) is 0. The standard InChI is InChI=1S/C29H30Cl2N4O3/c1-29(2,16-32)17-33-28(38)19-8-11-24-23(13-19)34-26(36)15-25(21-10-9-20(30)14-22(21)31)35(24)27(37)12-18-6-4-3-5-7-18/h3-11,13-14,25H,12,15-17,32H2,1-2H3,(H,33,38)(H,34,36). The predicted molar refractivity (Wildman–Crippen MR) is 152 cm³/mol. The zero-order valence-corrected chi connectivity index (χ0v) is 22.8. The molecule has 9 heteroatoms. The Kier molecular flexibility index (Phi) is 8.41. The second-order valence-corrected chi connectivity index (χ2v) is 11.0. The average Bonchev–Trinajstić information content (AvgIpc) is 3.03. The molecule has 1 heterocycles. The van der Waals surface area contributed by atoms with E-state index in [4.69, 9.17) is 28.9 Å². The molecule has 4 N–H and O–H groups in total. The number of amides is 3. The fourth-order valence-electron chi connectivity index (χ4n) is 4.30. The molecule has 4 rings (SSSR count). The molecule has 3 aromatic rings. The van der Waals surface area contributed by atoms with Crippen LogP contribution < -0.4 is 21.3 Å². The number of nitrogens with zero attached hydrogens (tertiary/aromatic N) is 1. The second kappa shape index (κ2) is 11.6. The molecule has 0 radical (unpaired) electrons. The summed E-state index contributed by atoms with van der Waals surface area (Å²) in [6, 6.07) is 18.6. The number of benzene rings is 3. The van der Waals surface area contributed by atoms with Crippen molar-refractivity contribution in [1.82, 2.24) is 5.32 Å². The van der Waals surface area contributed by atoms with Crippen LogP contribution in [0.5, 0.6) is 0 Å². The maximum atomic E-state index is 13.8. The minimum atomic E-state index is -0.678. The van der Waals surface area contributed by atoms with E-state index in [1.165, 1.54) is 0 Å². The molecule has 1 aliphatic heterocycles. The number of nitrogens with one attached hydrogen (secondary N) is 2. The Morgan fingerprint density at radius 3 is 2.50 bits per heavy atom. The van der Waals surface area contributed by atoms with Gasteiger partial charge < -0.3 is 21.3 Å². The van der Waals surface area contributed by atoms with E-state index in [1.807, 2.05) is 44.2 Å². The molecule has 1 atom stereocenters. The lowest BCUT2D eigenvalue weighted by molar-refractivity contribution is -0.119. The number of carbonyl (C=O) groups excluding carboxylic acids is 3. The quantitative estimate of drug-likeness (QED) is 0.366. The minimum Gasteiger partial charge on any atom is -0.351 e. The summed E-state index contributed by atoms with van der Waals surface area (Å²) in [6.45, 7) is 4.73. The van der Waals surface area contributed by atoms with Gasteiger partial charge in [-0.3, -0.25) is 14.4 Å². The maximum absolute atomic E-state index is 13.8. The Morgan fingerprint density at radius 1 is 1.08 bits per heavy atom. The zero-order valence-electron chi connectivity index (χ0n) is 21.3. The predicted octanol–water partition coefficient (Wildman–Crippen LogP) is 5.37. The Balaban J connectivity index is 1.75. The first kappa shape index (κ1) is 27.6. The first-order chi connectivity index (χ1) is 18.1. The van der Waals surface area contributed by atoms with Crippen LogP contribution in [-0.4, -0.2) is 30.8 Å². The SMILES string of the molecule is CC(C)(CN)CNC(=O)c1ccc2c(c1)NC(=O)CC(c1ccc(Cl)cc1Cl)N2C(=O)Cc1ccccc1. The molecule has 3 amide bonds. The Labute approximate surface area is 232 Å². The zero-order chi connectivity index (χ0) is 27.4. The molecule has 1 aliphatic rings. The lowest BCUT2D eigenvalue weighted by atomic mass is 9.94. The topological polar surface area (TPSA) is 105 Å². The van der Waals surface area contributed by atoms with Crippen LogP contribution in [-0.2, 0) is 16.0 Å². The van der Waals surface area contributed by atoms with Gasteiger partial charge in [-0.2, -0.15) is 0 Å². The van der Waals surface area contributed by atoms with Crippen LogP contribution in [0.3, 0.4) is 0 Å². The fourth-order valence-corrected chi connectivity index (χ4v) is 4.84. The van der Waals surface area contributed by atoms with E-state index < -0.39 is 6.04 Å². The lowest BCUT2D eigenvalue weighted by Gasteiger charge is -2.31. The van der Waals surface area contributed by atoms with Crippen LogP contribution in [0.4, 0.5) is 11.4 Å². The first-order valence-electron chi connectivity index (χ1n) is 12.3. The van der Waals surface area contributed by atoms with Gasteiger partial charge in [0, 0.05) is 22.2 Å². The van der Waals surface area contributed by atoms with E-state index in [9.17, 15) is 14.4 Å². The number of carbonyl (C=O) groups is 3. The van der Waals surface area contributed by atoms with Crippen LogP contribution in [0.25, 0.3) is 0 Å². The van der Waals surface area contributed by atoms with Gasteiger partial charge in [0.05, 0.1) is 30.3 Å². The summed E-state index contributed by atoms with van der Waals surface area (Å²) in [5.41, 5.74) is 8.16. The third-order valence-electron chi connectivity index (χ3n) is 6.55. The van der Waals surface area contributed by atoms with Crippen molar-refractivity contribution in [2.45, 2.75) is 32.7 Å². The summed E-state index contributed by atoms with van der Waals surface area (Å²) >= 11 is 12.7. The highest BCUT2D eigenvalue weighted by atomic mass is 35.5. The molecule has 0 bridgehead atoms. The van der Waals surface area contributed by atoms with Crippen molar-refractivity contribution < 1.29 is 14.4 Å². The number of anilines is 2. The Morgan fingerprint density at radius 2 is 1.82 bits per heavy atom. The molecule has 0 spiro atoms. The number of halogens is 2. The Hall–Kier alpha value is -3.39. The highest BCUT2D eigenvalue weighted by Gasteiger charge is 2.35. The lowest BCUT2D eigenvalue weighted by Crippen LogP contribution is -2.38. The van der Waals surface area contributed by atoms with Crippen LogP contribution in [0.15, 0.2) is 66.7 Å². The van der Waals surface area contributed by atoms with E-state index in [0.717, 1.165) is 5.56 Å². The molecule has 198 valence electrons. The van der Waals surface area contributed by atoms with Gasteiger partial charge in [0.15, 0.2) is 0 Å². The Bertz CT molecular complexity index is 1360. The van der Waals surface area contributed by atoms with Gasteiger partial charge in [-0.1, -0.05) is 73.4 Å². The summed E-state index contributed by atoms with van der Waals surface area (Å²) in [6.07, 6.45) is 0.0926. The molecule has 38 heavy (non-hydrogen) atoms. The van der Waals surface area contributed by atoms with Crippen LogP contribution in [0, 0.1) is 5.41 Å². The summed E-state index contributed by atoms with van der Waals surface area (Å²) < 4.78 is 0. The smallest absolute Gasteiger partial charge is 0.251 e. The van der Waals surface area contributed by atoms with Crippen molar-refractivity contribution in [3.05, 3.63) is 93.5 Å². The molecule has 0 fully saturated rings. The molecular weight excluding hydrogens is 523 g/mol. The first-order valence-corrected chi connectivity index (χ1v) is 13.1. The number of hydrogen-bond donors (Lipinski definition) is 3. The normalized spacial score (nSPS) is 15.3. The second-order valence-electron chi connectivity index (χ2n) is 10.1. The summed E-state index contributed by atoms with van der Waals surface area (Å²) in [4.78, 5) is 41.4. The molecule has 7 nitrogen and oxygen atoms in total. The number of fused-ring (bicyclic) bond motifs is 1. The fraction of sp³-hybridized carbons (Fsp3) is 0.276. The van der Waals surface area contributed by atoms with Crippen molar-refractivity contribution in [1.29, 1.82) is 0 Å². The van der Waals surface area contributed by atoms with Crippen molar-refractivity contribution >= 4 is 52.3 Å². The van der Waals surface area contributed by atoms with E-state index in [2.05, 4.69) is 10.6 Å². The largest absolute Gasteiger partial charge is 0.351 e. The van der Waals surface area contributed by atoms with E-state index in [-0.39, 0.29) is 36.0 Å². The van der Waals surface area contributed by atoms with Crippen LogP contribution in [0.1, 0.15) is 47.8 Å². The molecular formula is C29H30Cl2N4O3. The number of hydrogen-bond acceptors (Lipinski definition) is 4. The van der Waals surface area contributed by atoms with E-state index in [0.29, 0.717) is 45.6 Å². The molecule has 0 aliphatic carbocycles. The third kappa shape index (κ3) is 6.35. The summed E-state index contributed by atoms with van der Waals surface area (Å²) in [5.74, 6) is -0.821. The molecule has 0 aromatic heterocycles. The van der Waals surface area contributed by atoms with Gasteiger partial charge in [0.1, 0.15) is 0 Å². The minimum absolute atomic E-state index is 0.0250. The monoisotopic (exact) mass is 552 g/mol. The number of rotatable bonds is 7. The molecule has 1 unspecified atom stereocenters. The van der Waals surface area contributed by atoms with Gasteiger partial charge >= 0.3 is 0 Å². The highest BCUT2D eigenvalue weighted by molar-refractivity contribution is 6.35. The van der Waals surface area contributed by atoms with Crippen molar-refractivity contribution in [3.8, 4) is 0 Å². The molecule has 3 aromatic carbocycles. The number of nitrogens with two attached hydrogens (primary N) is 1. The third-order valence-corrected chi connectivity index (χ3v) is 7.11. The summed E-state index contributed by atoms with van der Waals surface area (Å²) in [5, 5.41) is 6.58. The van der Waals surface area contributed by atoms with Gasteiger partial charge in [0.25, 0.3) is 5.91 Å².